The van der Waals surface area contributed by atoms with Gasteiger partial charge in [0.2, 0.25) is 5.90 Å². The fourth-order valence-electron chi connectivity index (χ4n) is 2.20. The summed E-state index contributed by atoms with van der Waals surface area (Å²) in [5.41, 5.74) is 3.34. The molecule has 0 radical (unpaired) electrons. The van der Waals surface area contributed by atoms with Crippen molar-refractivity contribution in [3.8, 4) is 5.75 Å². The van der Waals surface area contributed by atoms with Gasteiger partial charge in [-0.05, 0) is 42.3 Å². The molecule has 0 bridgehead atoms. The van der Waals surface area contributed by atoms with E-state index in [1.165, 1.54) is 0 Å². The second-order valence-electron chi connectivity index (χ2n) is 5.39. The van der Waals surface area contributed by atoms with Gasteiger partial charge in [-0.3, -0.25) is 0 Å². The van der Waals surface area contributed by atoms with Gasteiger partial charge in [-0.15, -0.1) is 0 Å². The number of rotatable bonds is 4. The van der Waals surface area contributed by atoms with E-state index in [0.29, 0.717) is 5.70 Å². The van der Waals surface area contributed by atoms with Gasteiger partial charge in [0.25, 0.3) is 0 Å². The topological polar surface area (TPSA) is 47.9 Å². The smallest absolute Gasteiger partial charge is 0.363 e. The Kier molecular flexibility index (Phi) is 4.57. The van der Waals surface area contributed by atoms with Gasteiger partial charge < -0.3 is 9.47 Å². The van der Waals surface area contributed by atoms with Gasteiger partial charge in [0.05, 0.1) is 7.11 Å². The Morgan fingerprint density at radius 1 is 0.958 bits per heavy atom. The zero-order chi connectivity index (χ0) is 16.9. The minimum atomic E-state index is -0.440. The summed E-state index contributed by atoms with van der Waals surface area (Å²) >= 11 is 0. The number of carbonyl (C=O) groups is 1. The monoisotopic (exact) mass is 319 g/mol. The van der Waals surface area contributed by atoms with E-state index in [1.807, 2.05) is 61.5 Å². The predicted molar refractivity (Wildman–Crippen MR) is 94.7 cm³/mol. The number of methoxy groups -OCH3 is 1. The Morgan fingerprint density at radius 2 is 1.62 bits per heavy atom. The van der Waals surface area contributed by atoms with Gasteiger partial charge in [0, 0.05) is 6.08 Å². The Morgan fingerprint density at radius 3 is 2.29 bits per heavy atom. The lowest BCUT2D eigenvalue weighted by molar-refractivity contribution is -0.129. The standard InChI is InChI=1S/C20H17NO3/c1-14-3-5-16(6-4-14)13-18-20(22)24-19(21-18)12-9-15-7-10-17(23-2)11-8-15/h3-13H,1-2H3/b12-9+,18-13-. The summed E-state index contributed by atoms with van der Waals surface area (Å²) in [4.78, 5) is 16.1. The highest BCUT2D eigenvalue weighted by molar-refractivity contribution is 6.11. The van der Waals surface area contributed by atoms with Crippen LogP contribution in [0, 0.1) is 6.92 Å². The Bertz CT molecular complexity index is 828. The number of esters is 1. The summed E-state index contributed by atoms with van der Waals surface area (Å²) < 4.78 is 10.3. The van der Waals surface area contributed by atoms with Crippen molar-refractivity contribution >= 4 is 24.0 Å². The minimum Gasteiger partial charge on any atom is -0.497 e. The van der Waals surface area contributed by atoms with Gasteiger partial charge in [-0.25, -0.2) is 9.79 Å². The molecule has 4 nitrogen and oxygen atoms in total. The first-order chi connectivity index (χ1) is 11.6. The van der Waals surface area contributed by atoms with Crippen molar-refractivity contribution in [2.75, 3.05) is 7.11 Å². The van der Waals surface area contributed by atoms with Crippen LogP contribution in [0.2, 0.25) is 0 Å². The van der Waals surface area contributed by atoms with Crippen LogP contribution in [0.5, 0.6) is 5.75 Å². The summed E-state index contributed by atoms with van der Waals surface area (Å²) in [5.74, 6) is 0.638. The fraction of sp³-hybridized carbons (Fsp3) is 0.100. The van der Waals surface area contributed by atoms with Crippen LogP contribution in [0.1, 0.15) is 16.7 Å². The highest BCUT2D eigenvalue weighted by atomic mass is 16.6. The number of aryl methyl sites for hydroxylation is 1. The number of hydrogen-bond donors (Lipinski definition) is 0. The highest BCUT2D eigenvalue weighted by Gasteiger charge is 2.20. The zero-order valence-corrected chi connectivity index (χ0v) is 13.5. The Labute approximate surface area is 140 Å². The number of aliphatic imine (C=N–C) groups is 1. The lowest BCUT2D eigenvalue weighted by Gasteiger charge is -1.98. The maximum absolute atomic E-state index is 11.9. The van der Waals surface area contributed by atoms with Crippen LogP contribution in [-0.4, -0.2) is 19.0 Å². The number of carbonyl (C=O) groups excluding carboxylic acids is 1. The van der Waals surface area contributed by atoms with E-state index in [-0.39, 0.29) is 5.90 Å². The summed E-state index contributed by atoms with van der Waals surface area (Å²) in [6.45, 7) is 2.01. The molecule has 120 valence electrons. The van der Waals surface area contributed by atoms with Crippen LogP contribution < -0.4 is 4.74 Å². The molecule has 4 heteroatoms. The van der Waals surface area contributed by atoms with Crippen LogP contribution >= 0.6 is 0 Å². The molecule has 2 aromatic rings. The van der Waals surface area contributed by atoms with E-state index in [1.54, 1.807) is 19.3 Å². The predicted octanol–water partition coefficient (Wildman–Crippen LogP) is 4.01. The number of hydrogen-bond acceptors (Lipinski definition) is 4. The average molecular weight is 319 g/mol. The van der Waals surface area contributed by atoms with Crippen molar-refractivity contribution in [2.24, 2.45) is 4.99 Å². The van der Waals surface area contributed by atoms with Crippen LogP contribution in [-0.2, 0) is 9.53 Å². The average Bonchev–Trinajstić information content (AvgIpc) is 2.95. The molecule has 0 unspecified atom stereocenters. The second-order valence-corrected chi connectivity index (χ2v) is 5.39. The maximum Gasteiger partial charge on any atom is 0.363 e. The van der Waals surface area contributed by atoms with Gasteiger partial charge in [0.1, 0.15) is 5.75 Å². The molecular weight excluding hydrogens is 302 g/mol. The zero-order valence-electron chi connectivity index (χ0n) is 13.5. The first-order valence-electron chi connectivity index (χ1n) is 7.55. The quantitative estimate of drug-likeness (QED) is 0.632. The van der Waals surface area contributed by atoms with Gasteiger partial charge in [-0.1, -0.05) is 42.0 Å². The van der Waals surface area contributed by atoms with Crippen molar-refractivity contribution in [2.45, 2.75) is 6.92 Å². The van der Waals surface area contributed by atoms with Crippen LogP contribution in [0.15, 0.2) is 65.3 Å². The summed E-state index contributed by atoms with van der Waals surface area (Å²) in [5, 5.41) is 0. The fourth-order valence-corrected chi connectivity index (χ4v) is 2.20. The molecule has 0 aromatic heterocycles. The second kappa shape index (κ2) is 6.96. The molecule has 2 aromatic carbocycles. The third kappa shape index (κ3) is 3.79. The van der Waals surface area contributed by atoms with Crippen molar-refractivity contribution in [3.05, 3.63) is 77.0 Å². The maximum atomic E-state index is 11.9. The highest BCUT2D eigenvalue weighted by Crippen LogP contribution is 2.17. The largest absolute Gasteiger partial charge is 0.497 e. The first kappa shape index (κ1) is 15.7. The van der Waals surface area contributed by atoms with E-state index < -0.39 is 5.97 Å². The lowest BCUT2D eigenvalue weighted by atomic mass is 10.1. The minimum absolute atomic E-state index is 0.286. The van der Waals surface area contributed by atoms with Gasteiger partial charge >= 0.3 is 5.97 Å². The lowest BCUT2D eigenvalue weighted by Crippen LogP contribution is -2.01. The number of nitrogens with zero attached hydrogens (tertiary/aromatic N) is 1. The van der Waals surface area contributed by atoms with Gasteiger partial charge in [-0.2, -0.15) is 0 Å². The van der Waals surface area contributed by atoms with Crippen LogP contribution in [0.25, 0.3) is 12.2 Å². The van der Waals surface area contributed by atoms with Crippen LogP contribution in [0.4, 0.5) is 0 Å². The third-order valence-corrected chi connectivity index (χ3v) is 3.55. The SMILES string of the molecule is COc1ccc(/C=C/C2=NC(=C\c3ccc(C)cc3)/C(=O)O2)cc1. The molecule has 0 N–H and O–H groups in total. The van der Waals surface area contributed by atoms with E-state index in [2.05, 4.69) is 4.99 Å². The molecule has 0 fully saturated rings. The molecule has 0 saturated heterocycles. The summed E-state index contributed by atoms with van der Waals surface area (Å²) in [6.07, 6.45) is 5.23. The molecule has 0 amide bonds. The molecule has 1 aliphatic rings. The summed E-state index contributed by atoms with van der Waals surface area (Å²) in [6, 6.07) is 15.4. The molecule has 0 saturated carbocycles. The van der Waals surface area contributed by atoms with Crippen molar-refractivity contribution in [3.63, 3.8) is 0 Å². The molecular formula is C20H17NO3. The van der Waals surface area contributed by atoms with Crippen molar-refractivity contribution in [1.82, 2.24) is 0 Å². The molecule has 0 aliphatic carbocycles. The molecule has 3 rings (SSSR count). The molecule has 0 atom stereocenters. The van der Waals surface area contributed by atoms with E-state index in [9.17, 15) is 4.79 Å². The van der Waals surface area contributed by atoms with E-state index in [4.69, 9.17) is 9.47 Å². The van der Waals surface area contributed by atoms with Crippen LogP contribution in [0.3, 0.4) is 0 Å². The van der Waals surface area contributed by atoms with E-state index >= 15 is 0 Å². The van der Waals surface area contributed by atoms with Gasteiger partial charge in [0.15, 0.2) is 5.70 Å². The number of ether oxygens (including phenoxy) is 2. The van der Waals surface area contributed by atoms with Crippen molar-refractivity contribution in [1.29, 1.82) is 0 Å². The summed E-state index contributed by atoms with van der Waals surface area (Å²) in [7, 11) is 1.62. The Hall–Kier alpha value is -3.14. The number of benzene rings is 2. The van der Waals surface area contributed by atoms with E-state index in [0.717, 1.165) is 22.4 Å². The third-order valence-electron chi connectivity index (χ3n) is 3.55. The molecule has 24 heavy (non-hydrogen) atoms. The molecule has 1 aliphatic heterocycles. The number of cyclic esters (lactones) is 1. The normalized spacial score (nSPS) is 15.7. The van der Waals surface area contributed by atoms with Crippen molar-refractivity contribution < 1.29 is 14.3 Å². The molecule has 0 spiro atoms. The molecule has 1 heterocycles. The Balaban J connectivity index is 1.75. The first-order valence-corrected chi connectivity index (χ1v) is 7.55.